The van der Waals surface area contributed by atoms with Crippen LogP contribution >= 0.6 is 0 Å². The number of benzene rings is 3. The van der Waals surface area contributed by atoms with Crippen molar-refractivity contribution in [3.8, 4) is 0 Å². The van der Waals surface area contributed by atoms with Crippen molar-refractivity contribution in [1.29, 1.82) is 5.41 Å². The molecule has 0 saturated heterocycles. The smallest absolute Gasteiger partial charge is 0.203 e. The molecule has 0 amide bonds. The van der Waals surface area contributed by atoms with Gasteiger partial charge in [-0.05, 0) is 56.9 Å². The lowest BCUT2D eigenvalue weighted by Crippen LogP contribution is -2.27. The van der Waals surface area contributed by atoms with Crippen LogP contribution in [0.1, 0.15) is 41.6 Å². The lowest BCUT2D eigenvalue weighted by Gasteiger charge is -2.15. The van der Waals surface area contributed by atoms with Crippen molar-refractivity contribution in [2.45, 2.75) is 46.2 Å². The van der Waals surface area contributed by atoms with Gasteiger partial charge >= 0.3 is 0 Å². The van der Waals surface area contributed by atoms with Gasteiger partial charge in [-0.2, -0.15) is 0 Å². The molecule has 3 heteroatoms. The standard InChI is InChI=1S/C26H29N3/c1-19-8-13-22(14-9-19)17-12-21(3)29-25-7-5-4-6-24(25)28(26(29)27)18-23-15-10-20(2)11-16-23/h4-11,13-16,21,27H,12,17-18H2,1-3H3. The average Bonchev–Trinajstić information content (AvgIpc) is 3.01. The molecule has 4 aromatic rings. The summed E-state index contributed by atoms with van der Waals surface area (Å²) in [5.74, 6) is 0. The van der Waals surface area contributed by atoms with E-state index in [1.54, 1.807) is 0 Å². The minimum atomic E-state index is 0.257. The van der Waals surface area contributed by atoms with E-state index >= 15 is 0 Å². The molecule has 0 radical (unpaired) electrons. The Morgan fingerprint density at radius 3 is 1.93 bits per heavy atom. The predicted molar refractivity (Wildman–Crippen MR) is 120 cm³/mol. The third-order valence-corrected chi connectivity index (χ3v) is 5.79. The van der Waals surface area contributed by atoms with Crippen LogP contribution in [0.5, 0.6) is 0 Å². The van der Waals surface area contributed by atoms with Gasteiger partial charge in [0.1, 0.15) is 0 Å². The Kier molecular flexibility index (Phi) is 5.39. The first-order valence-corrected chi connectivity index (χ1v) is 10.4. The highest BCUT2D eigenvalue weighted by Gasteiger charge is 2.15. The van der Waals surface area contributed by atoms with Crippen LogP contribution in [0.3, 0.4) is 0 Å². The highest BCUT2D eigenvalue weighted by molar-refractivity contribution is 5.76. The van der Waals surface area contributed by atoms with Crippen molar-refractivity contribution < 1.29 is 0 Å². The van der Waals surface area contributed by atoms with E-state index in [9.17, 15) is 0 Å². The van der Waals surface area contributed by atoms with Crippen molar-refractivity contribution >= 4 is 11.0 Å². The monoisotopic (exact) mass is 383 g/mol. The fourth-order valence-electron chi connectivity index (χ4n) is 4.00. The highest BCUT2D eigenvalue weighted by atomic mass is 15.2. The van der Waals surface area contributed by atoms with Gasteiger partial charge < -0.3 is 9.13 Å². The largest absolute Gasteiger partial charge is 0.308 e. The van der Waals surface area contributed by atoms with Crippen LogP contribution in [-0.2, 0) is 13.0 Å². The fourth-order valence-corrected chi connectivity index (χ4v) is 4.00. The summed E-state index contributed by atoms with van der Waals surface area (Å²) in [6, 6.07) is 26.1. The van der Waals surface area contributed by atoms with Crippen LogP contribution in [0.25, 0.3) is 11.0 Å². The molecule has 4 rings (SSSR count). The maximum absolute atomic E-state index is 8.93. The summed E-state index contributed by atoms with van der Waals surface area (Å²) in [5.41, 5.74) is 7.98. The number of para-hydroxylation sites is 2. The van der Waals surface area contributed by atoms with E-state index < -0.39 is 0 Å². The van der Waals surface area contributed by atoms with E-state index in [2.05, 4.69) is 103 Å². The Balaban J connectivity index is 1.65. The van der Waals surface area contributed by atoms with Crippen LogP contribution in [0.15, 0.2) is 72.8 Å². The maximum Gasteiger partial charge on any atom is 0.203 e. The Morgan fingerprint density at radius 1 is 0.759 bits per heavy atom. The molecular formula is C26H29N3. The molecular weight excluding hydrogens is 354 g/mol. The van der Waals surface area contributed by atoms with Gasteiger partial charge in [-0.1, -0.05) is 71.8 Å². The third-order valence-electron chi connectivity index (χ3n) is 5.79. The summed E-state index contributed by atoms with van der Waals surface area (Å²) >= 11 is 0. The maximum atomic E-state index is 8.93. The quantitative estimate of drug-likeness (QED) is 0.438. The van der Waals surface area contributed by atoms with Gasteiger partial charge in [0.25, 0.3) is 0 Å². The molecule has 3 nitrogen and oxygen atoms in total. The van der Waals surface area contributed by atoms with E-state index in [4.69, 9.17) is 5.41 Å². The topological polar surface area (TPSA) is 33.7 Å². The molecule has 0 spiro atoms. The summed E-state index contributed by atoms with van der Waals surface area (Å²) < 4.78 is 4.32. The molecule has 0 bridgehead atoms. The van der Waals surface area contributed by atoms with E-state index in [0.717, 1.165) is 30.4 Å². The second-order valence-electron chi connectivity index (χ2n) is 8.13. The van der Waals surface area contributed by atoms with Gasteiger partial charge in [0, 0.05) is 6.04 Å². The lowest BCUT2D eigenvalue weighted by atomic mass is 10.0. The van der Waals surface area contributed by atoms with E-state index in [0.29, 0.717) is 5.62 Å². The zero-order valence-electron chi connectivity index (χ0n) is 17.5. The molecule has 29 heavy (non-hydrogen) atoms. The summed E-state index contributed by atoms with van der Waals surface area (Å²) in [6.07, 6.45) is 2.03. The summed E-state index contributed by atoms with van der Waals surface area (Å²) in [7, 11) is 0. The van der Waals surface area contributed by atoms with Crippen LogP contribution in [0.2, 0.25) is 0 Å². The Bertz CT molecular complexity index is 1160. The molecule has 1 aromatic heterocycles. The van der Waals surface area contributed by atoms with Crippen molar-refractivity contribution in [3.63, 3.8) is 0 Å². The second-order valence-corrected chi connectivity index (χ2v) is 8.13. The average molecular weight is 384 g/mol. The van der Waals surface area contributed by atoms with Crippen molar-refractivity contribution in [1.82, 2.24) is 9.13 Å². The second kappa shape index (κ2) is 8.12. The Labute approximate surface area is 172 Å². The number of nitrogens with one attached hydrogen (secondary N) is 1. The molecule has 1 atom stereocenters. The molecule has 1 N–H and O–H groups in total. The van der Waals surface area contributed by atoms with E-state index in [1.807, 2.05) is 0 Å². The van der Waals surface area contributed by atoms with Crippen LogP contribution < -0.4 is 5.62 Å². The number of aryl methyl sites for hydroxylation is 3. The fraction of sp³-hybridized carbons (Fsp3) is 0.269. The van der Waals surface area contributed by atoms with Crippen LogP contribution in [0, 0.1) is 19.3 Å². The first kappa shape index (κ1) is 19.3. The zero-order chi connectivity index (χ0) is 20.4. The SMILES string of the molecule is Cc1ccc(CCC(C)n2c(=N)n(Cc3ccc(C)cc3)c3ccccc32)cc1. The molecule has 0 aliphatic heterocycles. The predicted octanol–water partition coefficient (Wildman–Crippen LogP) is 5.78. The van der Waals surface area contributed by atoms with Gasteiger partial charge in [-0.15, -0.1) is 0 Å². The Hall–Kier alpha value is -3.07. The van der Waals surface area contributed by atoms with E-state index in [-0.39, 0.29) is 6.04 Å². The first-order chi connectivity index (χ1) is 14.0. The number of nitrogens with zero attached hydrogens (tertiary/aromatic N) is 2. The van der Waals surface area contributed by atoms with Gasteiger partial charge in [0.05, 0.1) is 17.6 Å². The number of fused-ring (bicyclic) bond motifs is 1. The minimum absolute atomic E-state index is 0.257. The van der Waals surface area contributed by atoms with Gasteiger partial charge in [-0.3, -0.25) is 5.41 Å². The molecule has 3 aromatic carbocycles. The number of hydrogen-bond donors (Lipinski definition) is 1. The van der Waals surface area contributed by atoms with E-state index in [1.165, 1.54) is 22.3 Å². The number of aromatic nitrogens is 2. The van der Waals surface area contributed by atoms with Crippen LogP contribution in [-0.4, -0.2) is 9.13 Å². The van der Waals surface area contributed by atoms with Crippen LogP contribution in [0.4, 0.5) is 0 Å². The summed E-state index contributed by atoms with van der Waals surface area (Å²) in [6.45, 7) is 7.18. The minimum Gasteiger partial charge on any atom is -0.308 e. The number of imidazole rings is 1. The van der Waals surface area contributed by atoms with Crippen molar-refractivity contribution in [3.05, 3.63) is 101 Å². The molecule has 0 saturated carbocycles. The molecule has 0 aliphatic rings. The normalized spacial score (nSPS) is 12.4. The number of hydrogen-bond acceptors (Lipinski definition) is 1. The van der Waals surface area contributed by atoms with Gasteiger partial charge in [0.15, 0.2) is 0 Å². The zero-order valence-corrected chi connectivity index (χ0v) is 17.5. The van der Waals surface area contributed by atoms with Gasteiger partial charge in [-0.25, -0.2) is 0 Å². The first-order valence-electron chi connectivity index (χ1n) is 10.4. The molecule has 1 unspecified atom stereocenters. The molecule has 0 aliphatic carbocycles. The number of rotatable bonds is 6. The summed E-state index contributed by atoms with van der Waals surface area (Å²) in [4.78, 5) is 0. The lowest BCUT2D eigenvalue weighted by molar-refractivity contribution is 0.484. The third kappa shape index (κ3) is 4.04. The van der Waals surface area contributed by atoms with Crippen molar-refractivity contribution in [2.75, 3.05) is 0 Å². The summed E-state index contributed by atoms with van der Waals surface area (Å²) in [5, 5.41) is 8.93. The molecule has 0 fully saturated rings. The molecule has 148 valence electrons. The highest BCUT2D eigenvalue weighted by Crippen LogP contribution is 2.21. The van der Waals surface area contributed by atoms with Gasteiger partial charge in [0.2, 0.25) is 5.62 Å². The Morgan fingerprint density at radius 2 is 1.31 bits per heavy atom. The van der Waals surface area contributed by atoms with Crippen molar-refractivity contribution in [2.24, 2.45) is 0 Å². The molecule has 1 heterocycles.